The number of nitrogens with one attached hydrogen (secondary N) is 1. The summed E-state index contributed by atoms with van der Waals surface area (Å²) in [5.74, 6) is -0.213. The van der Waals surface area contributed by atoms with Gasteiger partial charge in [-0.05, 0) is 31.9 Å². The summed E-state index contributed by atoms with van der Waals surface area (Å²) in [4.78, 5) is 23.2. The summed E-state index contributed by atoms with van der Waals surface area (Å²) in [5.41, 5.74) is 0. The zero-order chi connectivity index (χ0) is 12.3. The summed E-state index contributed by atoms with van der Waals surface area (Å²) < 4.78 is 10.3. The van der Waals surface area contributed by atoms with Gasteiger partial charge >= 0.3 is 0 Å². The van der Waals surface area contributed by atoms with Crippen LogP contribution in [0.25, 0.3) is 0 Å². The van der Waals surface area contributed by atoms with Crippen LogP contribution in [0.3, 0.4) is 0 Å². The molecular formula is C12H15NO4. The van der Waals surface area contributed by atoms with Gasteiger partial charge in [-0.1, -0.05) is 0 Å². The van der Waals surface area contributed by atoms with Crippen LogP contribution < -0.4 is 5.32 Å². The Balaban J connectivity index is 1.78. The third-order valence-electron chi connectivity index (χ3n) is 2.74. The molecule has 1 amide bonds. The number of Topliss-reactive ketones (excluding diaryl/α,β-unsaturated/α-hetero) is 1. The van der Waals surface area contributed by atoms with Crippen molar-refractivity contribution in [1.82, 2.24) is 5.32 Å². The van der Waals surface area contributed by atoms with Crippen LogP contribution in [0.15, 0.2) is 22.8 Å². The third-order valence-corrected chi connectivity index (χ3v) is 2.74. The number of amides is 1. The van der Waals surface area contributed by atoms with Gasteiger partial charge in [0.05, 0.1) is 18.9 Å². The fourth-order valence-corrected chi connectivity index (χ4v) is 1.80. The van der Waals surface area contributed by atoms with Gasteiger partial charge in [-0.3, -0.25) is 9.59 Å². The normalized spacial score (nSPS) is 23.6. The van der Waals surface area contributed by atoms with Gasteiger partial charge in [0, 0.05) is 0 Å². The molecule has 17 heavy (non-hydrogen) atoms. The predicted molar refractivity (Wildman–Crippen MR) is 59.6 cm³/mol. The third kappa shape index (κ3) is 2.94. The zero-order valence-electron chi connectivity index (χ0n) is 9.64. The molecule has 2 heterocycles. The summed E-state index contributed by atoms with van der Waals surface area (Å²) in [5, 5.41) is 2.56. The van der Waals surface area contributed by atoms with Gasteiger partial charge < -0.3 is 14.5 Å². The summed E-state index contributed by atoms with van der Waals surface area (Å²) in [6.45, 7) is 1.88. The second-order valence-corrected chi connectivity index (χ2v) is 4.13. The van der Waals surface area contributed by atoms with E-state index in [0.717, 1.165) is 6.42 Å². The minimum absolute atomic E-state index is 0.0550. The van der Waals surface area contributed by atoms with Crippen LogP contribution in [-0.2, 0) is 9.53 Å². The fraction of sp³-hybridized carbons (Fsp3) is 0.500. The van der Waals surface area contributed by atoms with Crippen molar-refractivity contribution >= 4 is 11.7 Å². The Bertz CT molecular complexity index is 399. The first-order valence-corrected chi connectivity index (χ1v) is 5.66. The quantitative estimate of drug-likeness (QED) is 0.797. The summed E-state index contributed by atoms with van der Waals surface area (Å²) in [6.07, 6.45) is 2.71. The minimum Gasteiger partial charge on any atom is -0.461 e. The molecule has 1 aliphatic rings. The Labute approximate surface area is 99.1 Å². The average Bonchev–Trinajstić information content (AvgIpc) is 2.95. The number of carbonyl (C=O) groups excluding carboxylic acids is 2. The van der Waals surface area contributed by atoms with Crippen LogP contribution >= 0.6 is 0 Å². The second-order valence-electron chi connectivity index (χ2n) is 4.13. The molecule has 0 saturated carbocycles. The van der Waals surface area contributed by atoms with E-state index < -0.39 is 6.10 Å². The number of hydrogen-bond donors (Lipinski definition) is 1. The van der Waals surface area contributed by atoms with Crippen LogP contribution in [0.5, 0.6) is 0 Å². The van der Waals surface area contributed by atoms with E-state index in [1.807, 2.05) is 6.92 Å². The number of ketones is 1. The van der Waals surface area contributed by atoms with Gasteiger partial charge in [0.15, 0.2) is 5.76 Å². The lowest BCUT2D eigenvalue weighted by Crippen LogP contribution is -2.37. The first kappa shape index (κ1) is 11.9. The molecule has 1 N–H and O–H groups in total. The van der Waals surface area contributed by atoms with E-state index in [2.05, 4.69) is 5.32 Å². The van der Waals surface area contributed by atoms with Gasteiger partial charge in [-0.15, -0.1) is 0 Å². The van der Waals surface area contributed by atoms with Crippen LogP contribution in [0.4, 0.5) is 0 Å². The highest BCUT2D eigenvalue weighted by atomic mass is 16.5. The van der Waals surface area contributed by atoms with Crippen molar-refractivity contribution in [1.29, 1.82) is 0 Å². The molecule has 0 bridgehead atoms. The van der Waals surface area contributed by atoms with Crippen molar-refractivity contribution in [2.24, 2.45) is 0 Å². The lowest BCUT2D eigenvalue weighted by Gasteiger charge is -2.10. The van der Waals surface area contributed by atoms with Crippen molar-refractivity contribution in [3.63, 3.8) is 0 Å². The van der Waals surface area contributed by atoms with Gasteiger partial charge in [0.25, 0.3) is 0 Å². The van der Waals surface area contributed by atoms with E-state index in [1.54, 1.807) is 12.1 Å². The van der Waals surface area contributed by atoms with Gasteiger partial charge in [-0.2, -0.15) is 0 Å². The molecule has 1 aliphatic heterocycles. The number of ether oxygens (including phenoxy) is 1. The SMILES string of the molecule is C[C@@H]1CC[C@@H](C(=O)NCC(=O)c2ccco2)O1. The zero-order valence-corrected chi connectivity index (χ0v) is 9.64. The molecule has 0 aliphatic carbocycles. The Morgan fingerprint density at radius 1 is 1.47 bits per heavy atom. The molecule has 0 unspecified atom stereocenters. The molecule has 1 aromatic rings. The van der Waals surface area contributed by atoms with Gasteiger partial charge in [0.2, 0.25) is 11.7 Å². The smallest absolute Gasteiger partial charge is 0.249 e. The Hall–Kier alpha value is -1.62. The monoisotopic (exact) mass is 237 g/mol. The molecule has 5 heteroatoms. The van der Waals surface area contributed by atoms with E-state index >= 15 is 0 Å². The highest BCUT2D eigenvalue weighted by molar-refractivity contribution is 5.97. The van der Waals surface area contributed by atoms with E-state index in [1.165, 1.54) is 6.26 Å². The van der Waals surface area contributed by atoms with Crippen molar-refractivity contribution in [2.75, 3.05) is 6.54 Å². The highest BCUT2D eigenvalue weighted by Crippen LogP contribution is 2.18. The number of carbonyl (C=O) groups is 2. The summed E-state index contributed by atoms with van der Waals surface area (Å²) in [7, 11) is 0. The van der Waals surface area contributed by atoms with Crippen molar-refractivity contribution in [3.8, 4) is 0 Å². The molecule has 2 atom stereocenters. The molecule has 92 valence electrons. The Morgan fingerprint density at radius 3 is 2.88 bits per heavy atom. The second kappa shape index (κ2) is 5.14. The molecule has 1 saturated heterocycles. The first-order valence-electron chi connectivity index (χ1n) is 5.66. The van der Waals surface area contributed by atoms with Crippen LogP contribution in [0.2, 0.25) is 0 Å². The maximum Gasteiger partial charge on any atom is 0.249 e. The maximum atomic E-state index is 11.6. The van der Waals surface area contributed by atoms with E-state index in [-0.39, 0.29) is 30.1 Å². The first-order chi connectivity index (χ1) is 8.16. The summed E-state index contributed by atoms with van der Waals surface area (Å²) >= 11 is 0. The average molecular weight is 237 g/mol. The van der Waals surface area contributed by atoms with Crippen molar-refractivity contribution in [3.05, 3.63) is 24.2 Å². The van der Waals surface area contributed by atoms with Gasteiger partial charge in [-0.25, -0.2) is 0 Å². The summed E-state index contributed by atoms with van der Waals surface area (Å²) in [6, 6.07) is 3.21. The number of hydrogen-bond acceptors (Lipinski definition) is 4. The Kier molecular flexibility index (Phi) is 3.58. The topological polar surface area (TPSA) is 68.5 Å². The minimum atomic E-state index is -0.422. The molecule has 2 rings (SSSR count). The molecule has 0 spiro atoms. The predicted octanol–water partition coefficient (Wildman–Crippen LogP) is 1.15. The lowest BCUT2D eigenvalue weighted by molar-refractivity contribution is -0.131. The number of rotatable bonds is 4. The highest BCUT2D eigenvalue weighted by Gasteiger charge is 2.28. The molecule has 0 aromatic carbocycles. The molecule has 1 aromatic heterocycles. The van der Waals surface area contributed by atoms with Crippen molar-refractivity contribution < 1.29 is 18.7 Å². The molecule has 0 radical (unpaired) electrons. The fourth-order valence-electron chi connectivity index (χ4n) is 1.80. The van der Waals surface area contributed by atoms with E-state index in [0.29, 0.717) is 6.42 Å². The molecule has 5 nitrogen and oxygen atoms in total. The van der Waals surface area contributed by atoms with Crippen LogP contribution in [0.1, 0.15) is 30.3 Å². The van der Waals surface area contributed by atoms with E-state index in [4.69, 9.17) is 9.15 Å². The van der Waals surface area contributed by atoms with E-state index in [9.17, 15) is 9.59 Å². The van der Waals surface area contributed by atoms with Gasteiger partial charge in [0.1, 0.15) is 6.10 Å². The largest absolute Gasteiger partial charge is 0.461 e. The standard InChI is InChI=1S/C12H15NO4/c1-8-4-5-11(17-8)12(15)13-7-9(14)10-3-2-6-16-10/h2-3,6,8,11H,4-5,7H2,1H3,(H,13,15)/t8-,11+/m1/s1. The van der Waals surface area contributed by atoms with Crippen LogP contribution in [-0.4, -0.2) is 30.4 Å². The van der Waals surface area contributed by atoms with Crippen molar-refractivity contribution in [2.45, 2.75) is 32.0 Å². The molecule has 1 fully saturated rings. The lowest BCUT2D eigenvalue weighted by atomic mass is 10.2. The molecular weight excluding hydrogens is 222 g/mol. The Morgan fingerprint density at radius 2 is 2.29 bits per heavy atom. The maximum absolute atomic E-state index is 11.6. The number of furan rings is 1. The van der Waals surface area contributed by atoms with Crippen LogP contribution in [0, 0.1) is 0 Å².